The van der Waals surface area contributed by atoms with Gasteiger partial charge in [-0.25, -0.2) is 4.98 Å². The van der Waals surface area contributed by atoms with E-state index in [9.17, 15) is 0 Å². The minimum atomic E-state index is 0.745. The highest BCUT2D eigenvalue weighted by molar-refractivity contribution is 5.61. The van der Waals surface area contributed by atoms with E-state index in [4.69, 9.17) is 5.73 Å². The fourth-order valence-electron chi connectivity index (χ4n) is 1.89. The summed E-state index contributed by atoms with van der Waals surface area (Å²) in [5, 5.41) is 3.32. The van der Waals surface area contributed by atoms with Crippen LogP contribution in [0.25, 0.3) is 0 Å². The molecule has 3 N–H and O–H groups in total. The maximum Gasteiger partial charge on any atom is 0.149 e. The lowest BCUT2D eigenvalue weighted by Crippen LogP contribution is -2.16. The molecular formula is C12H19N3. The Hall–Kier alpha value is -1.25. The molecule has 1 aliphatic rings. The SMILES string of the molecule is Cc1ccc(N)c(NCCC2CCC2)n1. The molecule has 1 aromatic heterocycles. The summed E-state index contributed by atoms with van der Waals surface area (Å²) in [5.74, 6) is 1.78. The average Bonchev–Trinajstić information content (AvgIpc) is 2.15. The topological polar surface area (TPSA) is 50.9 Å². The van der Waals surface area contributed by atoms with Crippen LogP contribution >= 0.6 is 0 Å². The first-order valence-corrected chi connectivity index (χ1v) is 5.72. The third-order valence-electron chi connectivity index (χ3n) is 3.14. The van der Waals surface area contributed by atoms with Gasteiger partial charge in [0.1, 0.15) is 5.82 Å². The summed E-state index contributed by atoms with van der Waals surface area (Å²) < 4.78 is 0. The van der Waals surface area contributed by atoms with Crippen LogP contribution in [0.3, 0.4) is 0 Å². The second kappa shape index (κ2) is 4.51. The van der Waals surface area contributed by atoms with Gasteiger partial charge < -0.3 is 11.1 Å². The van der Waals surface area contributed by atoms with Crippen LogP contribution in [-0.2, 0) is 0 Å². The zero-order valence-corrected chi connectivity index (χ0v) is 9.29. The van der Waals surface area contributed by atoms with Crippen molar-refractivity contribution < 1.29 is 0 Å². The number of nitrogens with two attached hydrogens (primary N) is 1. The van der Waals surface area contributed by atoms with E-state index in [0.717, 1.165) is 29.7 Å². The summed E-state index contributed by atoms with van der Waals surface area (Å²) in [6.07, 6.45) is 5.46. The van der Waals surface area contributed by atoms with Crippen molar-refractivity contribution in [3.8, 4) is 0 Å². The lowest BCUT2D eigenvalue weighted by molar-refractivity contribution is 0.303. The molecule has 15 heavy (non-hydrogen) atoms. The van der Waals surface area contributed by atoms with E-state index >= 15 is 0 Å². The first kappa shape index (κ1) is 10.3. The number of hydrogen-bond acceptors (Lipinski definition) is 3. The van der Waals surface area contributed by atoms with Gasteiger partial charge in [0.05, 0.1) is 5.69 Å². The molecule has 1 aromatic rings. The molecule has 0 spiro atoms. The molecule has 0 aromatic carbocycles. The molecule has 0 amide bonds. The Morgan fingerprint density at radius 1 is 1.47 bits per heavy atom. The van der Waals surface area contributed by atoms with Gasteiger partial charge in [0.25, 0.3) is 0 Å². The molecule has 82 valence electrons. The fourth-order valence-corrected chi connectivity index (χ4v) is 1.89. The molecule has 3 nitrogen and oxygen atoms in total. The van der Waals surface area contributed by atoms with Crippen LogP contribution in [0.5, 0.6) is 0 Å². The highest BCUT2D eigenvalue weighted by atomic mass is 15.0. The van der Waals surface area contributed by atoms with Crippen LogP contribution in [0.15, 0.2) is 12.1 Å². The van der Waals surface area contributed by atoms with Crippen molar-refractivity contribution >= 4 is 11.5 Å². The van der Waals surface area contributed by atoms with E-state index < -0.39 is 0 Å². The lowest BCUT2D eigenvalue weighted by Gasteiger charge is -2.25. The van der Waals surface area contributed by atoms with Gasteiger partial charge in [-0.2, -0.15) is 0 Å². The van der Waals surface area contributed by atoms with Gasteiger partial charge in [0.15, 0.2) is 0 Å². The summed E-state index contributed by atoms with van der Waals surface area (Å²) in [4.78, 5) is 4.38. The molecular weight excluding hydrogens is 186 g/mol. The van der Waals surface area contributed by atoms with E-state index in [1.54, 1.807) is 0 Å². The highest BCUT2D eigenvalue weighted by Gasteiger charge is 2.16. The zero-order valence-electron chi connectivity index (χ0n) is 9.29. The van der Waals surface area contributed by atoms with Gasteiger partial charge in [-0.3, -0.25) is 0 Å². The van der Waals surface area contributed by atoms with Crippen molar-refractivity contribution in [2.45, 2.75) is 32.6 Å². The van der Waals surface area contributed by atoms with Crippen molar-refractivity contribution in [1.29, 1.82) is 0 Å². The van der Waals surface area contributed by atoms with Gasteiger partial charge in [0.2, 0.25) is 0 Å². The Labute approximate surface area is 91.1 Å². The summed E-state index contributed by atoms with van der Waals surface area (Å²) in [5.41, 5.74) is 7.58. The van der Waals surface area contributed by atoms with E-state index in [2.05, 4.69) is 10.3 Å². The largest absolute Gasteiger partial charge is 0.396 e. The second-order valence-corrected chi connectivity index (χ2v) is 4.40. The summed E-state index contributed by atoms with van der Waals surface area (Å²) >= 11 is 0. The first-order valence-electron chi connectivity index (χ1n) is 5.72. The normalized spacial score (nSPS) is 16.1. The van der Waals surface area contributed by atoms with Crippen molar-refractivity contribution in [1.82, 2.24) is 4.98 Å². The Morgan fingerprint density at radius 3 is 2.93 bits per heavy atom. The van der Waals surface area contributed by atoms with Crippen LogP contribution in [0.1, 0.15) is 31.4 Å². The molecule has 2 rings (SSSR count). The number of pyridine rings is 1. The molecule has 0 aliphatic heterocycles. The van der Waals surface area contributed by atoms with Crippen LogP contribution in [0, 0.1) is 12.8 Å². The number of aromatic nitrogens is 1. The minimum Gasteiger partial charge on any atom is -0.396 e. The van der Waals surface area contributed by atoms with Gasteiger partial charge in [0, 0.05) is 12.2 Å². The Bertz CT molecular complexity index is 332. The molecule has 1 aliphatic carbocycles. The maximum absolute atomic E-state index is 5.83. The summed E-state index contributed by atoms with van der Waals surface area (Å²) in [6.45, 7) is 2.97. The Morgan fingerprint density at radius 2 is 2.27 bits per heavy atom. The molecule has 0 bridgehead atoms. The predicted molar refractivity (Wildman–Crippen MR) is 63.8 cm³/mol. The van der Waals surface area contributed by atoms with Crippen LogP contribution in [0.2, 0.25) is 0 Å². The average molecular weight is 205 g/mol. The monoisotopic (exact) mass is 205 g/mol. The molecule has 0 unspecified atom stereocenters. The molecule has 1 saturated carbocycles. The number of anilines is 2. The van der Waals surface area contributed by atoms with Crippen LogP contribution in [0.4, 0.5) is 11.5 Å². The molecule has 3 heteroatoms. The summed E-state index contributed by atoms with van der Waals surface area (Å²) in [6, 6.07) is 3.85. The number of nitrogens with zero attached hydrogens (tertiary/aromatic N) is 1. The molecule has 0 atom stereocenters. The van der Waals surface area contributed by atoms with Crippen LogP contribution in [-0.4, -0.2) is 11.5 Å². The van der Waals surface area contributed by atoms with E-state index in [-0.39, 0.29) is 0 Å². The molecule has 0 radical (unpaired) electrons. The third kappa shape index (κ3) is 2.61. The Balaban J connectivity index is 1.83. The van der Waals surface area contributed by atoms with Gasteiger partial charge >= 0.3 is 0 Å². The van der Waals surface area contributed by atoms with Crippen molar-refractivity contribution in [3.05, 3.63) is 17.8 Å². The number of hydrogen-bond donors (Lipinski definition) is 2. The predicted octanol–water partition coefficient (Wildman–Crippen LogP) is 2.57. The maximum atomic E-state index is 5.83. The number of nitrogens with one attached hydrogen (secondary N) is 1. The van der Waals surface area contributed by atoms with E-state index in [1.165, 1.54) is 25.7 Å². The molecule has 1 heterocycles. The third-order valence-corrected chi connectivity index (χ3v) is 3.14. The lowest BCUT2D eigenvalue weighted by atomic mass is 9.83. The van der Waals surface area contributed by atoms with Crippen LogP contribution < -0.4 is 11.1 Å². The standard InChI is InChI=1S/C12H19N3/c1-9-5-6-11(13)12(15-9)14-8-7-10-3-2-4-10/h5-6,10H,2-4,7-8,13H2,1H3,(H,14,15). The number of nitrogen functional groups attached to an aromatic ring is 1. The van der Waals surface area contributed by atoms with Crippen molar-refractivity contribution in [3.63, 3.8) is 0 Å². The van der Waals surface area contributed by atoms with Crippen molar-refractivity contribution in [2.75, 3.05) is 17.6 Å². The van der Waals surface area contributed by atoms with Gasteiger partial charge in [-0.05, 0) is 31.4 Å². The highest BCUT2D eigenvalue weighted by Crippen LogP contribution is 2.29. The number of aryl methyl sites for hydroxylation is 1. The van der Waals surface area contributed by atoms with E-state index in [1.807, 2.05) is 19.1 Å². The van der Waals surface area contributed by atoms with Crippen molar-refractivity contribution in [2.24, 2.45) is 5.92 Å². The zero-order chi connectivity index (χ0) is 10.7. The van der Waals surface area contributed by atoms with Gasteiger partial charge in [-0.1, -0.05) is 19.3 Å². The molecule has 1 fully saturated rings. The smallest absolute Gasteiger partial charge is 0.149 e. The summed E-state index contributed by atoms with van der Waals surface area (Å²) in [7, 11) is 0. The van der Waals surface area contributed by atoms with Gasteiger partial charge in [-0.15, -0.1) is 0 Å². The minimum absolute atomic E-state index is 0.745. The quantitative estimate of drug-likeness (QED) is 0.794. The first-order chi connectivity index (χ1) is 7.25. The number of rotatable bonds is 4. The molecule has 0 saturated heterocycles. The second-order valence-electron chi connectivity index (χ2n) is 4.40. The fraction of sp³-hybridized carbons (Fsp3) is 0.583. The Kier molecular flexibility index (Phi) is 3.09. The van der Waals surface area contributed by atoms with E-state index in [0.29, 0.717) is 0 Å².